The van der Waals surface area contributed by atoms with Crippen molar-refractivity contribution in [1.82, 2.24) is 0 Å². The number of rotatable bonds is 12. The average Bonchev–Trinajstić information content (AvgIpc) is 2.58. The highest BCUT2D eigenvalue weighted by atomic mass is 16.6. The van der Waals surface area contributed by atoms with Gasteiger partial charge in [-0.25, -0.2) is 0 Å². The van der Waals surface area contributed by atoms with Crippen LogP contribution in [0, 0.1) is 11.8 Å². The zero-order chi connectivity index (χ0) is 18.7. The Kier molecular flexibility index (Phi) is 10.5. The maximum absolute atomic E-state index is 11.7. The third-order valence-corrected chi connectivity index (χ3v) is 4.97. The predicted molar refractivity (Wildman–Crippen MR) is 97.2 cm³/mol. The number of carboxylic acids is 1. The number of hydrogen-bond donors (Lipinski definition) is 2. The molecule has 0 fully saturated rings. The fraction of sp³-hybridized carbons (Fsp3) is 0.800. The van der Waals surface area contributed by atoms with Crippen molar-refractivity contribution in [3.05, 3.63) is 12.2 Å². The lowest BCUT2D eigenvalue weighted by Crippen LogP contribution is -2.42. The molecule has 0 aromatic heterocycles. The summed E-state index contributed by atoms with van der Waals surface area (Å²) in [5, 5.41) is 18.9. The van der Waals surface area contributed by atoms with Crippen molar-refractivity contribution in [2.75, 3.05) is 0 Å². The smallest absolute Gasteiger partial charge is 0.305 e. The van der Waals surface area contributed by atoms with Crippen LogP contribution >= 0.6 is 0 Å². The van der Waals surface area contributed by atoms with Gasteiger partial charge in [-0.05, 0) is 25.2 Å². The third-order valence-electron chi connectivity index (χ3n) is 4.97. The SMILES string of the molecule is CCCC1C=CC(O)C(OC(=O)CC)C1CCCCCCCC(=O)O. The minimum absolute atomic E-state index is 0.162. The molecule has 0 bridgehead atoms. The molecule has 2 N–H and O–H groups in total. The van der Waals surface area contributed by atoms with E-state index in [4.69, 9.17) is 9.84 Å². The normalized spacial score (nSPS) is 25.7. The molecule has 5 nitrogen and oxygen atoms in total. The summed E-state index contributed by atoms with van der Waals surface area (Å²) in [5.74, 6) is -0.483. The number of allylic oxidation sites excluding steroid dienone is 1. The van der Waals surface area contributed by atoms with Gasteiger partial charge in [0.15, 0.2) is 0 Å². The van der Waals surface area contributed by atoms with Gasteiger partial charge < -0.3 is 14.9 Å². The molecule has 0 radical (unpaired) electrons. The molecule has 0 amide bonds. The van der Waals surface area contributed by atoms with Gasteiger partial charge >= 0.3 is 11.9 Å². The first kappa shape index (κ1) is 21.7. The highest BCUT2D eigenvalue weighted by molar-refractivity contribution is 5.69. The van der Waals surface area contributed by atoms with Gasteiger partial charge in [0.1, 0.15) is 12.2 Å². The fourth-order valence-electron chi connectivity index (χ4n) is 3.61. The van der Waals surface area contributed by atoms with Crippen LogP contribution in [-0.2, 0) is 14.3 Å². The van der Waals surface area contributed by atoms with Crippen molar-refractivity contribution in [3.63, 3.8) is 0 Å². The second-order valence-electron chi connectivity index (χ2n) is 7.00. The van der Waals surface area contributed by atoms with Crippen molar-refractivity contribution in [3.8, 4) is 0 Å². The average molecular weight is 354 g/mol. The molecule has 0 aromatic carbocycles. The molecule has 0 heterocycles. The van der Waals surface area contributed by atoms with Crippen LogP contribution in [0.3, 0.4) is 0 Å². The van der Waals surface area contributed by atoms with E-state index in [9.17, 15) is 14.7 Å². The van der Waals surface area contributed by atoms with Crippen molar-refractivity contribution < 1.29 is 24.5 Å². The van der Waals surface area contributed by atoms with Gasteiger partial charge in [0, 0.05) is 18.8 Å². The van der Waals surface area contributed by atoms with E-state index >= 15 is 0 Å². The molecule has 1 aliphatic carbocycles. The van der Waals surface area contributed by atoms with Gasteiger partial charge in [-0.1, -0.05) is 58.1 Å². The molecule has 144 valence electrons. The van der Waals surface area contributed by atoms with Gasteiger partial charge in [-0.15, -0.1) is 0 Å². The lowest BCUT2D eigenvalue weighted by Gasteiger charge is -2.37. The van der Waals surface area contributed by atoms with E-state index in [0.29, 0.717) is 12.3 Å². The first-order valence-corrected chi connectivity index (χ1v) is 9.77. The van der Waals surface area contributed by atoms with Gasteiger partial charge in [-0.3, -0.25) is 9.59 Å². The van der Waals surface area contributed by atoms with Crippen LogP contribution in [-0.4, -0.2) is 34.4 Å². The standard InChI is InChI=1S/C20H34O5/c1-3-10-15-13-14-17(21)20(25-19(24)4-2)16(15)11-8-6-5-7-9-12-18(22)23/h13-17,20-21H,3-12H2,1-2H3,(H,22,23). The summed E-state index contributed by atoms with van der Waals surface area (Å²) in [6.07, 6.45) is 11.0. The second-order valence-corrected chi connectivity index (χ2v) is 7.00. The quantitative estimate of drug-likeness (QED) is 0.313. The van der Waals surface area contributed by atoms with Crippen molar-refractivity contribution in [1.29, 1.82) is 0 Å². The number of aliphatic hydroxyl groups excluding tert-OH is 1. The lowest BCUT2D eigenvalue weighted by atomic mass is 9.75. The number of carbonyl (C=O) groups is 2. The number of unbranched alkanes of at least 4 members (excludes halogenated alkanes) is 4. The van der Waals surface area contributed by atoms with Crippen LogP contribution in [0.2, 0.25) is 0 Å². The molecule has 0 aromatic rings. The third kappa shape index (κ3) is 8.04. The number of carboxylic acid groups (broad SMARTS) is 1. The molecule has 0 saturated carbocycles. The van der Waals surface area contributed by atoms with E-state index in [1.165, 1.54) is 0 Å². The number of hydrogen-bond acceptors (Lipinski definition) is 4. The molecule has 1 rings (SSSR count). The van der Waals surface area contributed by atoms with Crippen molar-refractivity contribution in [2.45, 2.75) is 90.3 Å². The summed E-state index contributed by atoms with van der Waals surface area (Å²) in [6, 6.07) is 0. The molecule has 25 heavy (non-hydrogen) atoms. The molecule has 1 aliphatic rings. The predicted octanol–water partition coefficient (Wildman–Crippen LogP) is 4.09. The van der Waals surface area contributed by atoms with Crippen LogP contribution in [0.5, 0.6) is 0 Å². The van der Waals surface area contributed by atoms with Crippen LogP contribution in [0.1, 0.15) is 78.1 Å². The summed E-state index contributed by atoms with van der Waals surface area (Å²) < 4.78 is 5.56. The molecule has 4 unspecified atom stereocenters. The first-order chi connectivity index (χ1) is 12.0. The topological polar surface area (TPSA) is 83.8 Å². The van der Waals surface area contributed by atoms with Crippen LogP contribution < -0.4 is 0 Å². The maximum atomic E-state index is 11.7. The Labute approximate surface area is 151 Å². The minimum Gasteiger partial charge on any atom is -0.481 e. The fourth-order valence-corrected chi connectivity index (χ4v) is 3.61. The van der Waals surface area contributed by atoms with Gasteiger partial charge in [0.25, 0.3) is 0 Å². The van der Waals surface area contributed by atoms with E-state index in [2.05, 4.69) is 13.0 Å². The molecule has 0 spiro atoms. The highest BCUT2D eigenvalue weighted by Crippen LogP contribution is 2.35. The summed E-state index contributed by atoms with van der Waals surface area (Å²) in [7, 11) is 0. The maximum Gasteiger partial charge on any atom is 0.305 e. The Morgan fingerprint density at radius 3 is 2.32 bits per heavy atom. The van der Waals surface area contributed by atoms with E-state index < -0.39 is 18.2 Å². The highest BCUT2D eigenvalue weighted by Gasteiger charge is 2.37. The molecule has 0 saturated heterocycles. The van der Waals surface area contributed by atoms with E-state index in [-0.39, 0.29) is 18.3 Å². The summed E-state index contributed by atoms with van der Waals surface area (Å²) in [6.45, 7) is 3.91. The Bertz CT molecular complexity index is 432. The first-order valence-electron chi connectivity index (χ1n) is 9.77. The minimum atomic E-state index is -0.731. The molecular formula is C20H34O5. The molecule has 0 aliphatic heterocycles. The van der Waals surface area contributed by atoms with Gasteiger partial charge in [0.05, 0.1) is 0 Å². The monoisotopic (exact) mass is 354 g/mol. The van der Waals surface area contributed by atoms with Crippen molar-refractivity contribution >= 4 is 11.9 Å². The van der Waals surface area contributed by atoms with Gasteiger partial charge in [0.2, 0.25) is 0 Å². The van der Waals surface area contributed by atoms with E-state index in [1.54, 1.807) is 13.0 Å². The Morgan fingerprint density at radius 1 is 1.00 bits per heavy atom. The Hall–Kier alpha value is -1.36. The van der Waals surface area contributed by atoms with Gasteiger partial charge in [-0.2, -0.15) is 0 Å². The van der Waals surface area contributed by atoms with Crippen LogP contribution in [0.15, 0.2) is 12.2 Å². The Morgan fingerprint density at radius 2 is 1.68 bits per heavy atom. The molecule has 5 heteroatoms. The largest absolute Gasteiger partial charge is 0.481 e. The zero-order valence-corrected chi connectivity index (χ0v) is 15.7. The van der Waals surface area contributed by atoms with Crippen molar-refractivity contribution in [2.24, 2.45) is 11.8 Å². The second kappa shape index (κ2) is 12.1. The number of ether oxygens (including phenoxy) is 1. The number of carbonyl (C=O) groups excluding carboxylic acids is 1. The van der Waals surface area contributed by atoms with Crippen LogP contribution in [0.4, 0.5) is 0 Å². The molecule has 4 atom stereocenters. The lowest BCUT2D eigenvalue weighted by molar-refractivity contribution is -0.159. The van der Waals surface area contributed by atoms with E-state index in [1.807, 2.05) is 0 Å². The number of esters is 1. The number of aliphatic carboxylic acids is 1. The zero-order valence-electron chi connectivity index (χ0n) is 15.7. The number of aliphatic hydroxyl groups is 1. The van der Waals surface area contributed by atoms with E-state index in [0.717, 1.165) is 51.4 Å². The molecular weight excluding hydrogens is 320 g/mol. The summed E-state index contributed by atoms with van der Waals surface area (Å²) in [4.78, 5) is 22.2. The van der Waals surface area contributed by atoms with Crippen LogP contribution in [0.25, 0.3) is 0 Å². The summed E-state index contributed by atoms with van der Waals surface area (Å²) >= 11 is 0. The summed E-state index contributed by atoms with van der Waals surface area (Å²) in [5.41, 5.74) is 0. The Balaban J connectivity index is 2.51.